The zero-order valence-electron chi connectivity index (χ0n) is 13.8. The third kappa shape index (κ3) is 3.94. The number of carbonyl (C=O) groups is 2. The third-order valence-corrected chi connectivity index (χ3v) is 6.08. The molecule has 0 saturated heterocycles. The van der Waals surface area contributed by atoms with Crippen molar-refractivity contribution in [2.45, 2.75) is 8.67 Å². The van der Waals surface area contributed by atoms with Gasteiger partial charge in [0.25, 0.3) is 0 Å². The summed E-state index contributed by atoms with van der Waals surface area (Å²) in [4.78, 5) is 23.5. The van der Waals surface area contributed by atoms with E-state index in [9.17, 15) is 9.59 Å². The van der Waals surface area contributed by atoms with E-state index < -0.39 is 20.6 Å². The lowest BCUT2D eigenvalue weighted by Gasteiger charge is -2.34. The number of alkyl halides is 4. The van der Waals surface area contributed by atoms with E-state index in [4.69, 9.17) is 46.4 Å². The van der Waals surface area contributed by atoms with Crippen molar-refractivity contribution in [2.24, 2.45) is 0 Å². The Morgan fingerprint density at radius 1 is 0.731 bits per heavy atom. The molecule has 0 spiro atoms. The summed E-state index contributed by atoms with van der Waals surface area (Å²) in [6.45, 7) is 0. The van der Waals surface area contributed by atoms with Gasteiger partial charge in [-0.1, -0.05) is 70.7 Å². The van der Waals surface area contributed by atoms with Crippen LogP contribution in [0.3, 0.4) is 0 Å². The van der Waals surface area contributed by atoms with Gasteiger partial charge in [-0.25, -0.2) is 9.59 Å². The van der Waals surface area contributed by atoms with Crippen molar-refractivity contribution in [1.82, 2.24) is 0 Å². The van der Waals surface area contributed by atoms with Crippen molar-refractivity contribution in [3.8, 4) is 0 Å². The Morgan fingerprint density at radius 3 is 1.38 bits per heavy atom. The van der Waals surface area contributed by atoms with Crippen LogP contribution in [0.2, 0.25) is 0 Å². The highest BCUT2D eigenvalue weighted by atomic mass is 35.5. The molecule has 0 bridgehead atoms. The molecule has 2 rings (SSSR count). The van der Waals surface area contributed by atoms with Crippen molar-refractivity contribution in [3.05, 3.63) is 70.8 Å². The number of methoxy groups -OCH3 is 2. The highest BCUT2D eigenvalue weighted by Gasteiger charge is 2.50. The molecule has 26 heavy (non-hydrogen) atoms. The summed E-state index contributed by atoms with van der Waals surface area (Å²) < 4.78 is 5.70. The van der Waals surface area contributed by atoms with E-state index in [0.29, 0.717) is 0 Å². The van der Waals surface area contributed by atoms with E-state index in [2.05, 4.69) is 9.47 Å². The van der Waals surface area contributed by atoms with E-state index in [1.165, 1.54) is 26.4 Å². The molecule has 138 valence electrons. The molecule has 2 aromatic carbocycles. The van der Waals surface area contributed by atoms with E-state index >= 15 is 0 Å². The van der Waals surface area contributed by atoms with Crippen LogP contribution in [0.5, 0.6) is 0 Å². The molecule has 8 heteroatoms. The van der Waals surface area contributed by atoms with Gasteiger partial charge in [-0.15, -0.1) is 0 Å². The zero-order chi connectivity index (χ0) is 19.5. The first kappa shape index (κ1) is 20.8. The third-order valence-electron chi connectivity index (χ3n) is 3.69. The molecule has 2 aromatic rings. The highest BCUT2D eigenvalue weighted by molar-refractivity contribution is 6.61. The maximum Gasteiger partial charge on any atom is 0.337 e. The quantitative estimate of drug-likeness (QED) is 0.477. The van der Waals surface area contributed by atoms with Gasteiger partial charge in [0.05, 0.1) is 25.3 Å². The molecular weight excluding hydrogens is 422 g/mol. The standard InChI is InChI=1S/C18H14Cl4O4/c1-25-15(23)11-5-3-7-13(9-11)17(19,20)18(21,22)14-8-4-6-12(10-14)16(24)26-2/h3-10H,1-2H3. The summed E-state index contributed by atoms with van der Waals surface area (Å²) in [7, 11) is 2.52. The number of hydrogen-bond acceptors (Lipinski definition) is 4. The predicted octanol–water partition coefficient (Wildman–Crippen LogP) is 5.22. The number of carbonyl (C=O) groups excluding carboxylic acids is 2. The first-order chi connectivity index (χ1) is 12.1. The van der Waals surface area contributed by atoms with Crippen molar-refractivity contribution >= 4 is 58.3 Å². The average Bonchev–Trinajstić information content (AvgIpc) is 2.66. The van der Waals surface area contributed by atoms with Gasteiger partial charge in [0.15, 0.2) is 8.67 Å². The smallest absolute Gasteiger partial charge is 0.337 e. The number of rotatable bonds is 5. The number of ether oxygens (including phenoxy) is 2. The van der Waals surface area contributed by atoms with Gasteiger partial charge < -0.3 is 9.47 Å². The summed E-state index contributed by atoms with van der Waals surface area (Å²) in [5.74, 6) is -1.11. The monoisotopic (exact) mass is 434 g/mol. The SMILES string of the molecule is COC(=O)c1cccc(C(Cl)(Cl)C(Cl)(Cl)c2cccc(C(=O)OC)c2)c1. The first-order valence-electron chi connectivity index (χ1n) is 7.28. The van der Waals surface area contributed by atoms with E-state index in [1.54, 1.807) is 36.4 Å². The maximum atomic E-state index is 11.7. The largest absolute Gasteiger partial charge is 0.465 e. The van der Waals surface area contributed by atoms with E-state index in [1.807, 2.05) is 0 Å². The molecule has 0 atom stereocenters. The fraction of sp³-hybridized carbons (Fsp3) is 0.222. The second kappa shape index (κ2) is 8.05. The molecule has 0 fully saturated rings. The minimum absolute atomic E-state index is 0.239. The lowest BCUT2D eigenvalue weighted by atomic mass is 9.99. The summed E-state index contributed by atoms with van der Waals surface area (Å²) in [5, 5.41) is 0. The molecule has 0 radical (unpaired) electrons. The first-order valence-corrected chi connectivity index (χ1v) is 8.79. The van der Waals surface area contributed by atoms with Gasteiger partial charge in [0, 0.05) is 0 Å². The topological polar surface area (TPSA) is 52.6 Å². The Hall–Kier alpha value is -1.46. The molecule has 4 nitrogen and oxygen atoms in total. The molecular formula is C18H14Cl4O4. The van der Waals surface area contributed by atoms with Crippen LogP contribution in [0, 0.1) is 0 Å². The molecule has 0 amide bonds. The minimum atomic E-state index is -1.84. The number of esters is 2. The van der Waals surface area contributed by atoms with Crippen molar-refractivity contribution in [1.29, 1.82) is 0 Å². The van der Waals surface area contributed by atoms with Crippen LogP contribution in [0.1, 0.15) is 31.8 Å². The molecule has 0 aliphatic carbocycles. The fourth-order valence-corrected chi connectivity index (χ4v) is 3.19. The molecule has 0 aliphatic heterocycles. The molecule has 0 unspecified atom stereocenters. The van der Waals surface area contributed by atoms with E-state index in [0.717, 1.165) is 0 Å². The van der Waals surface area contributed by atoms with Gasteiger partial charge in [-0.3, -0.25) is 0 Å². The van der Waals surface area contributed by atoms with Gasteiger partial charge in [0.2, 0.25) is 0 Å². The Bertz CT molecular complexity index is 764. The Labute approximate surface area is 170 Å². The lowest BCUT2D eigenvalue weighted by Crippen LogP contribution is -2.32. The van der Waals surface area contributed by atoms with Crippen LogP contribution in [0.15, 0.2) is 48.5 Å². The van der Waals surface area contributed by atoms with Gasteiger partial charge in [-0.2, -0.15) is 0 Å². The van der Waals surface area contributed by atoms with Gasteiger partial charge >= 0.3 is 11.9 Å². The summed E-state index contributed by atoms with van der Waals surface area (Å²) >= 11 is 26.0. The van der Waals surface area contributed by atoms with Crippen LogP contribution >= 0.6 is 46.4 Å². The summed E-state index contributed by atoms with van der Waals surface area (Å²) in [5.41, 5.74) is 1.06. The summed E-state index contributed by atoms with van der Waals surface area (Å²) in [6.07, 6.45) is 0. The van der Waals surface area contributed by atoms with Crippen LogP contribution in [-0.4, -0.2) is 26.2 Å². The van der Waals surface area contributed by atoms with Crippen LogP contribution < -0.4 is 0 Å². The normalized spacial score (nSPS) is 11.8. The number of hydrogen-bond donors (Lipinski definition) is 0. The van der Waals surface area contributed by atoms with Crippen LogP contribution in [-0.2, 0) is 18.1 Å². The number of halogens is 4. The van der Waals surface area contributed by atoms with Crippen LogP contribution in [0.4, 0.5) is 0 Å². The minimum Gasteiger partial charge on any atom is -0.465 e. The second-order valence-electron chi connectivity index (χ2n) is 5.29. The molecule has 0 aliphatic rings. The maximum absolute atomic E-state index is 11.7. The lowest BCUT2D eigenvalue weighted by molar-refractivity contribution is 0.0591. The Morgan fingerprint density at radius 2 is 1.08 bits per heavy atom. The highest BCUT2D eigenvalue weighted by Crippen LogP contribution is 2.56. The van der Waals surface area contributed by atoms with Gasteiger partial charge in [-0.05, 0) is 35.4 Å². The zero-order valence-corrected chi connectivity index (χ0v) is 16.8. The second-order valence-corrected chi connectivity index (χ2v) is 7.95. The fourth-order valence-electron chi connectivity index (χ4n) is 2.28. The van der Waals surface area contributed by atoms with Crippen molar-refractivity contribution in [2.75, 3.05) is 14.2 Å². The van der Waals surface area contributed by atoms with Crippen LogP contribution in [0.25, 0.3) is 0 Å². The Balaban J connectivity index is 2.50. The van der Waals surface area contributed by atoms with Crippen molar-refractivity contribution in [3.63, 3.8) is 0 Å². The summed E-state index contributed by atoms with van der Waals surface area (Å²) in [6, 6.07) is 12.3. The molecule has 0 saturated carbocycles. The number of benzene rings is 2. The molecule has 0 N–H and O–H groups in total. The van der Waals surface area contributed by atoms with Gasteiger partial charge in [0.1, 0.15) is 0 Å². The molecule has 0 heterocycles. The Kier molecular flexibility index (Phi) is 6.46. The average molecular weight is 436 g/mol. The van der Waals surface area contributed by atoms with E-state index in [-0.39, 0.29) is 22.3 Å². The van der Waals surface area contributed by atoms with Crippen molar-refractivity contribution < 1.29 is 19.1 Å². The molecule has 0 aromatic heterocycles. The predicted molar refractivity (Wildman–Crippen MR) is 102 cm³/mol.